The maximum absolute atomic E-state index is 12.9. The summed E-state index contributed by atoms with van der Waals surface area (Å²) in [5.41, 5.74) is 2.75. The van der Waals surface area contributed by atoms with E-state index in [1.165, 1.54) is 0 Å². The third-order valence-electron chi connectivity index (χ3n) is 3.94. The molecule has 1 fully saturated rings. The zero-order valence-corrected chi connectivity index (χ0v) is 14.6. The maximum Gasteiger partial charge on any atom is 0.254 e. The van der Waals surface area contributed by atoms with Gasteiger partial charge in [0.25, 0.3) is 5.91 Å². The van der Waals surface area contributed by atoms with Gasteiger partial charge in [-0.1, -0.05) is 31.0 Å². The first-order valence-electron chi connectivity index (χ1n) is 7.77. The Hall–Kier alpha value is -1.36. The molecule has 4 nitrogen and oxygen atoms in total. The van der Waals surface area contributed by atoms with Crippen LogP contribution in [-0.4, -0.2) is 43.3 Å². The lowest BCUT2D eigenvalue weighted by Crippen LogP contribution is -2.43. The van der Waals surface area contributed by atoms with Crippen molar-refractivity contribution in [1.29, 1.82) is 0 Å². The van der Waals surface area contributed by atoms with Crippen molar-refractivity contribution in [3.63, 3.8) is 0 Å². The van der Waals surface area contributed by atoms with E-state index in [0.29, 0.717) is 24.4 Å². The average molecular weight is 323 g/mol. The molecule has 1 aromatic carbocycles. The molecule has 0 saturated carbocycles. The summed E-state index contributed by atoms with van der Waals surface area (Å²) >= 11 is 0. The highest BCUT2D eigenvalue weighted by Gasteiger charge is 2.35. The van der Waals surface area contributed by atoms with Crippen molar-refractivity contribution in [2.75, 3.05) is 18.1 Å². The largest absolute Gasteiger partial charge is 0.334 e. The highest BCUT2D eigenvalue weighted by atomic mass is 32.2. The van der Waals surface area contributed by atoms with Gasteiger partial charge in [-0.2, -0.15) is 0 Å². The number of carbonyl (C=O) groups is 1. The first-order valence-corrected chi connectivity index (χ1v) is 9.60. The summed E-state index contributed by atoms with van der Waals surface area (Å²) in [6.45, 7) is 8.62. The van der Waals surface area contributed by atoms with Gasteiger partial charge in [0, 0.05) is 18.2 Å². The van der Waals surface area contributed by atoms with E-state index in [0.717, 1.165) is 11.1 Å². The minimum atomic E-state index is -3.00. The number of aryl methyl sites for hydroxylation is 2. The van der Waals surface area contributed by atoms with Crippen LogP contribution in [0.2, 0.25) is 0 Å². The summed E-state index contributed by atoms with van der Waals surface area (Å²) in [5.74, 6) is 0.531. The molecule has 0 radical (unpaired) electrons. The van der Waals surface area contributed by atoms with Crippen LogP contribution in [0.5, 0.6) is 0 Å². The molecule has 1 amide bonds. The molecule has 2 rings (SSSR count). The molecule has 1 aromatic rings. The first kappa shape index (κ1) is 17.0. The van der Waals surface area contributed by atoms with Crippen LogP contribution in [-0.2, 0) is 9.84 Å². The fourth-order valence-corrected chi connectivity index (χ4v) is 4.81. The fraction of sp³-hybridized carbons (Fsp3) is 0.588. The van der Waals surface area contributed by atoms with Crippen molar-refractivity contribution in [1.82, 2.24) is 4.90 Å². The molecule has 0 bridgehead atoms. The van der Waals surface area contributed by atoms with Gasteiger partial charge in [0.15, 0.2) is 9.84 Å². The molecule has 122 valence electrons. The highest BCUT2D eigenvalue weighted by Crippen LogP contribution is 2.22. The van der Waals surface area contributed by atoms with Crippen molar-refractivity contribution < 1.29 is 13.2 Å². The number of carbonyl (C=O) groups excluding carboxylic acids is 1. The van der Waals surface area contributed by atoms with Crippen LogP contribution in [0.1, 0.15) is 41.8 Å². The molecular formula is C17H25NO3S. The molecule has 1 aliphatic rings. The van der Waals surface area contributed by atoms with Gasteiger partial charge < -0.3 is 4.90 Å². The van der Waals surface area contributed by atoms with Crippen LogP contribution in [0.25, 0.3) is 0 Å². The Balaban J connectivity index is 2.30. The molecule has 1 atom stereocenters. The number of sulfone groups is 1. The van der Waals surface area contributed by atoms with Crippen molar-refractivity contribution in [3.8, 4) is 0 Å². The smallest absolute Gasteiger partial charge is 0.254 e. The third kappa shape index (κ3) is 4.09. The predicted octanol–water partition coefficient (Wildman–Crippen LogP) is 2.59. The molecule has 0 N–H and O–H groups in total. The molecule has 0 unspecified atom stereocenters. The monoisotopic (exact) mass is 323 g/mol. The number of hydrogen-bond acceptors (Lipinski definition) is 3. The number of rotatable bonds is 4. The van der Waals surface area contributed by atoms with E-state index in [9.17, 15) is 13.2 Å². The van der Waals surface area contributed by atoms with Gasteiger partial charge in [-0.15, -0.1) is 0 Å². The summed E-state index contributed by atoms with van der Waals surface area (Å²) in [6, 6.07) is 5.60. The van der Waals surface area contributed by atoms with Crippen molar-refractivity contribution >= 4 is 15.7 Å². The molecule has 0 aromatic heterocycles. The van der Waals surface area contributed by atoms with E-state index >= 15 is 0 Å². The standard InChI is InChI=1S/C17H25NO3S/c1-12(2)10-18(16-5-6-22(20,21)11-16)17(19)15-8-13(3)7-14(4)9-15/h7-9,12,16H,5-6,10-11H2,1-4H3/t16-/m1/s1. The lowest BCUT2D eigenvalue weighted by molar-refractivity contribution is 0.0672. The molecule has 5 heteroatoms. The van der Waals surface area contributed by atoms with Gasteiger partial charge in [0.2, 0.25) is 0 Å². The molecule has 22 heavy (non-hydrogen) atoms. The molecule has 1 heterocycles. The van der Waals surface area contributed by atoms with E-state index in [1.54, 1.807) is 4.90 Å². The molecule has 0 spiro atoms. The van der Waals surface area contributed by atoms with Gasteiger partial charge in [-0.3, -0.25) is 4.79 Å². The van der Waals surface area contributed by atoms with Crippen molar-refractivity contribution in [3.05, 3.63) is 34.9 Å². The second-order valence-electron chi connectivity index (χ2n) is 6.78. The lowest BCUT2D eigenvalue weighted by Gasteiger charge is -2.30. The average Bonchev–Trinajstić information content (AvgIpc) is 2.74. The third-order valence-corrected chi connectivity index (χ3v) is 5.69. The summed E-state index contributed by atoms with van der Waals surface area (Å²) in [4.78, 5) is 14.7. The van der Waals surface area contributed by atoms with E-state index in [-0.39, 0.29) is 23.5 Å². The van der Waals surface area contributed by atoms with Crippen molar-refractivity contribution in [2.24, 2.45) is 5.92 Å². The van der Waals surface area contributed by atoms with Gasteiger partial charge in [0.1, 0.15) is 0 Å². The van der Waals surface area contributed by atoms with Crippen LogP contribution in [0.4, 0.5) is 0 Å². The van der Waals surface area contributed by atoms with Crippen LogP contribution in [0.3, 0.4) is 0 Å². The molecule has 1 aliphatic heterocycles. The Bertz CT molecular complexity index is 644. The zero-order valence-electron chi connectivity index (χ0n) is 13.8. The normalized spacial score (nSPS) is 20.3. The number of amides is 1. The highest BCUT2D eigenvalue weighted by molar-refractivity contribution is 7.91. The fourth-order valence-electron chi connectivity index (χ4n) is 3.08. The van der Waals surface area contributed by atoms with Crippen LogP contribution < -0.4 is 0 Å². The van der Waals surface area contributed by atoms with Gasteiger partial charge in [-0.05, 0) is 38.3 Å². The Labute approximate surface area is 133 Å². The SMILES string of the molecule is Cc1cc(C)cc(C(=O)N(CC(C)C)[C@@H]2CCS(=O)(=O)C2)c1. The minimum Gasteiger partial charge on any atom is -0.334 e. The van der Waals surface area contributed by atoms with E-state index < -0.39 is 9.84 Å². The Morgan fingerprint density at radius 2 is 1.82 bits per heavy atom. The van der Waals surface area contributed by atoms with Crippen LogP contribution >= 0.6 is 0 Å². The second kappa shape index (κ2) is 6.41. The van der Waals surface area contributed by atoms with E-state index in [1.807, 2.05) is 45.9 Å². The predicted molar refractivity (Wildman–Crippen MR) is 88.8 cm³/mol. The van der Waals surface area contributed by atoms with Gasteiger partial charge in [-0.25, -0.2) is 8.42 Å². The van der Waals surface area contributed by atoms with E-state index in [4.69, 9.17) is 0 Å². The molecule has 1 saturated heterocycles. The minimum absolute atomic E-state index is 0.0531. The number of nitrogens with zero attached hydrogens (tertiary/aromatic N) is 1. The summed E-state index contributed by atoms with van der Waals surface area (Å²) < 4.78 is 23.5. The summed E-state index contributed by atoms with van der Waals surface area (Å²) in [7, 11) is -3.00. The Morgan fingerprint density at radius 1 is 1.23 bits per heavy atom. The Morgan fingerprint density at radius 3 is 2.27 bits per heavy atom. The number of hydrogen-bond donors (Lipinski definition) is 0. The lowest BCUT2D eigenvalue weighted by atomic mass is 10.0. The molecular weight excluding hydrogens is 298 g/mol. The maximum atomic E-state index is 12.9. The van der Waals surface area contributed by atoms with Gasteiger partial charge >= 0.3 is 0 Å². The topological polar surface area (TPSA) is 54.5 Å². The number of benzene rings is 1. The van der Waals surface area contributed by atoms with Crippen molar-refractivity contribution in [2.45, 2.75) is 40.2 Å². The van der Waals surface area contributed by atoms with Crippen LogP contribution in [0.15, 0.2) is 18.2 Å². The summed E-state index contributed by atoms with van der Waals surface area (Å²) in [5, 5.41) is 0. The Kier molecular flexibility index (Phi) is 4.95. The van der Waals surface area contributed by atoms with Gasteiger partial charge in [0.05, 0.1) is 11.5 Å². The second-order valence-corrected chi connectivity index (χ2v) is 9.01. The summed E-state index contributed by atoms with van der Waals surface area (Å²) in [6.07, 6.45) is 0.547. The zero-order chi connectivity index (χ0) is 16.5. The quantitative estimate of drug-likeness (QED) is 0.856. The van der Waals surface area contributed by atoms with Crippen LogP contribution in [0, 0.1) is 19.8 Å². The molecule has 0 aliphatic carbocycles. The first-order chi connectivity index (χ1) is 10.2. The van der Waals surface area contributed by atoms with E-state index in [2.05, 4.69) is 0 Å².